The molecule has 0 saturated carbocycles. The van der Waals surface area contributed by atoms with Gasteiger partial charge in [0.1, 0.15) is 5.75 Å². The first-order valence-electron chi connectivity index (χ1n) is 8.91. The molecule has 1 aromatic carbocycles. The van der Waals surface area contributed by atoms with Gasteiger partial charge in [0.25, 0.3) is 0 Å². The zero-order valence-electron chi connectivity index (χ0n) is 15.6. The summed E-state index contributed by atoms with van der Waals surface area (Å²) in [6.07, 6.45) is 3.51. The summed E-state index contributed by atoms with van der Waals surface area (Å²) in [7, 11) is 3.60. The Morgan fingerprint density at radius 1 is 1.28 bits per heavy atom. The van der Waals surface area contributed by atoms with Crippen LogP contribution in [0.4, 0.5) is 0 Å². The van der Waals surface area contributed by atoms with Gasteiger partial charge in [-0.1, -0.05) is 12.1 Å². The van der Waals surface area contributed by atoms with Crippen LogP contribution in [0.1, 0.15) is 35.4 Å². The molecule has 0 aliphatic carbocycles. The highest BCUT2D eigenvalue weighted by Gasteiger charge is 2.29. The number of ether oxygens (including phenoxy) is 1. The number of rotatable bonds is 5. The van der Waals surface area contributed by atoms with Gasteiger partial charge in [0.15, 0.2) is 0 Å². The minimum atomic E-state index is 0.218. The highest BCUT2D eigenvalue weighted by molar-refractivity contribution is 5.80. The number of amides is 1. The molecule has 0 bridgehead atoms. The molecule has 1 aliphatic heterocycles. The van der Waals surface area contributed by atoms with Crippen LogP contribution in [0, 0.1) is 13.8 Å². The van der Waals surface area contributed by atoms with E-state index in [1.807, 2.05) is 37.7 Å². The minimum absolute atomic E-state index is 0.218. The van der Waals surface area contributed by atoms with E-state index in [0.717, 1.165) is 48.5 Å². The van der Waals surface area contributed by atoms with Crippen molar-refractivity contribution < 1.29 is 9.53 Å². The number of hydrogen-bond donors (Lipinski definition) is 0. The lowest BCUT2D eigenvalue weighted by Gasteiger charge is -2.25. The van der Waals surface area contributed by atoms with E-state index in [0.29, 0.717) is 6.42 Å². The van der Waals surface area contributed by atoms with Crippen molar-refractivity contribution in [2.75, 3.05) is 13.7 Å². The van der Waals surface area contributed by atoms with Gasteiger partial charge in [0, 0.05) is 30.9 Å². The lowest BCUT2D eigenvalue weighted by atomic mass is 10.0. The maximum Gasteiger partial charge on any atom is 0.227 e. The van der Waals surface area contributed by atoms with Crippen LogP contribution in [0.25, 0.3) is 0 Å². The fraction of sp³-hybridized carbons (Fsp3) is 0.500. The van der Waals surface area contributed by atoms with Gasteiger partial charge < -0.3 is 9.64 Å². The average molecular weight is 341 g/mol. The quantitative estimate of drug-likeness (QED) is 0.840. The Balaban J connectivity index is 1.68. The Kier molecular flexibility index (Phi) is 5.11. The normalized spacial score (nSPS) is 17.1. The summed E-state index contributed by atoms with van der Waals surface area (Å²) in [6, 6.07) is 8.44. The van der Waals surface area contributed by atoms with Crippen LogP contribution < -0.4 is 4.74 Å². The van der Waals surface area contributed by atoms with Gasteiger partial charge in [0.05, 0.1) is 19.2 Å². The van der Waals surface area contributed by atoms with E-state index in [-0.39, 0.29) is 11.9 Å². The van der Waals surface area contributed by atoms with E-state index < -0.39 is 0 Å². The minimum Gasteiger partial charge on any atom is -0.497 e. The highest BCUT2D eigenvalue weighted by Crippen LogP contribution is 2.24. The van der Waals surface area contributed by atoms with Gasteiger partial charge in [-0.15, -0.1) is 0 Å². The van der Waals surface area contributed by atoms with Crippen molar-refractivity contribution >= 4 is 5.91 Å². The lowest BCUT2D eigenvalue weighted by Crippen LogP contribution is -2.38. The molecule has 5 nitrogen and oxygen atoms in total. The van der Waals surface area contributed by atoms with Crippen LogP contribution >= 0.6 is 0 Å². The number of carbonyl (C=O) groups is 1. The molecule has 0 unspecified atom stereocenters. The maximum atomic E-state index is 12.9. The smallest absolute Gasteiger partial charge is 0.227 e. The highest BCUT2D eigenvalue weighted by atomic mass is 16.5. The van der Waals surface area contributed by atoms with Gasteiger partial charge >= 0.3 is 0 Å². The predicted molar refractivity (Wildman–Crippen MR) is 97.8 cm³/mol. The average Bonchev–Trinajstić information content (AvgIpc) is 3.15. The van der Waals surface area contributed by atoms with Crippen LogP contribution in [-0.4, -0.2) is 40.3 Å². The Labute approximate surface area is 149 Å². The molecule has 25 heavy (non-hydrogen) atoms. The number of likely N-dealkylation sites (tertiary alicyclic amines) is 1. The lowest BCUT2D eigenvalue weighted by molar-refractivity contribution is -0.131. The fourth-order valence-electron chi connectivity index (χ4n) is 3.74. The van der Waals surface area contributed by atoms with Crippen molar-refractivity contribution in [3.05, 3.63) is 46.8 Å². The Bertz CT molecular complexity index is 749. The number of nitrogens with zero attached hydrogens (tertiary/aromatic N) is 3. The topological polar surface area (TPSA) is 47.4 Å². The number of hydrogen-bond acceptors (Lipinski definition) is 3. The zero-order chi connectivity index (χ0) is 18.0. The Hall–Kier alpha value is -2.30. The van der Waals surface area contributed by atoms with E-state index in [1.54, 1.807) is 7.11 Å². The molecule has 3 rings (SSSR count). The molecular formula is C20H27N3O2. The summed E-state index contributed by atoms with van der Waals surface area (Å²) >= 11 is 0. The Morgan fingerprint density at radius 2 is 2.00 bits per heavy atom. The number of carbonyl (C=O) groups excluding carboxylic acids is 1. The molecule has 2 heterocycles. The van der Waals surface area contributed by atoms with Gasteiger partial charge in [0.2, 0.25) is 5.91 Å². The predicted octanol–water partition coefficient (Wildman–Crippen LogP) is 2.82. The molecule has 1 saturated heterocycles. The third-order valence-corrected chi connectivity index (χ3v) is 5.31. The number of aromatic nitrogens is 2. The van der Waals surface area contributed by atoms with Crippen molar-refractivity contribution in [2.45, 2.75) is 45.6 Å². The summed E-state index contributed by atoms with van der Waals surface area (Å²) in [4.78, 5) is 15.0. The van der Waals surface area contributed by atoms with Crippen molar-refractivity contribution in [2.24, 2.45) is 7.05 Å². The molecule has 1 atom stereocenters. The van der Waals surface area contributed by atoms with Crippen molar-refractivity contribution in [3.63, 3.8) is 0 Å². The molecule has 2 aromatic rings. The van der Waals surface area contributed by atoms with Crippen molar-refractivity contribution in [3.8, 4) is 5.75 Å². The molecule has 1 aliphatic rings. The molecule has 1 aromatic heterocycles. The first-order valence-corrected chi connectivity index (χ1v) is 8.91. The molecule has 1 fully saturated rings. The van der Waals surface area contributed by atoms with Crippen LogP contribution in [0.2, 0.25) is 0 Å². The summed E-state index contributed by atoms with van der Waals surface area (Å²) in [5.74, 6) is 1.08. The van der Waals surface area contributed by atoms with Gasteiger partial charge in [-0.25, -0.2) is 0 Å². The molecule has 1 amide bonds. The van der Waals surface area contributed by atoms with Gasteiger partial charge in [-0.05, 0) is 50.8 Å². The number of benzene rings is 1. The monoisotopic (exact) mass is 341 g/mol. The van der Waals surface area contributed by atoms with E-state index in [9.17, 15) is 4.79 Å². The molecular weight excluding hydrogens is 314 g/mol. The van der Waals surface area contributed by atoms with Gasteiger partial charge in [-0.3, -0.25) is 9.48 Å². The fourth-order valence-corrected chi connectivity index (χ4v) is 3.74. The molecule has 0 N–H and O–H groups in total. The van der Waals surface area contributed by atoms with E-state index >= 15 is 0 Å². The first-order chi connectivity index (χ1) is 12.0. The molecule has 134 valence electrons. The van der Waals surface area contributed by atoms with E-state index in [2.05, 4.69) is 22.1 Å². The summed E-state index contributed by atoms with van der Waals surface area (Å²) in [5, 5.41) is 4.43. The summed E-state index contributed by atoms with van der Waals surface area (Å²) < 4.78 is 7.07. The zero-order valence-corrected chi connectivity index (χ0v) is 15.6. The van der Waals surface area contributed by atoms with Crippen LogP contribution in [0.15, 0.2) is 24.3 Å². The third-order valence-electron chi connectivity index (χ3n) is 5.31. The van der Waals surface area contributed by atoms with Crippen molar-refractivity contribution in [1.82, 2.24) is 14.7 Å². The second-order valence-corrected chi connectivity index (χ2v) is 6.89. The van der Waals surface area contributed by atoms with E-state index in [1.165, 1.54) is 5.56 Å². The molecule has 0 radical (unpaired) electrons. The van der Waals surface area contributed by atoms with Gasteiger partial charge in [-0.2, -0.15) is 5.10 Å². The standard InChI is InChI=1S/C20H27N3O2/c1-14-19(15(2)22(3)21-14)13-20(24)23-11-5-6-17(23)12-16-7-9-18(25-4)10-8-16/h7-10,17H,5-6,11-13H2,1-4H3/t17-/m1/s1. The largest absolute Gasteiger partial charge is 0.497 e. The van der Waals surface area contributed by atoms with Crippen LogP contribution in [-0.2, 0) is 24.7 Å². The van der Waals surface area contributed by atoms with Crippen molar-refractivity contribution in [1.29, 1.82) is 0 Å². The summed E-state index contributed by atoms with van der Waals surface area (Å²) in [5.41, 5.74) is 4.36. The first kappa shape index (κ1) is 17.5. The number of methoxy groups -OCH3 is 1. The second-order valence-electron chi connectivity index (χ2n) is 6.89. The SMILES string of the molecule is COc1ccc(C[C@H]2CCCN2C(=O)Cc2c(C)nn(C)c2C)cc1. The van der Waals surface area contributed by atoms with E-state index in [4.69, 9.17) is 4.74 Å². The Morgan fingerprint density at radius 3 is 2.60 bits per heavy atom. The number of aryl methyl sites for hydroxylation is 2. The molecule has 0 spiro atoms. The maximum absolute atomic E-state index is 12.9. The summed E-state index contributed by atoms with van der Waals surface area (Å²) in [6.45, 7) is 4.87. The second kappa shape index (κ2) is 7.30. The third kappa shape index (κ3) is 3.70. The van der Waals surface area contributed by atoms with Crippen LogP contribution in [0.3, 0.4) is 0 Å². The molecule has 5 heteroatoms. The van der Waals surface area contributed by atoms with Crippen LogP contribution in [0.5, 0.6) is 5.75 Å².